The van der Waals surface area contributed by atoms with Crippen LogP contribution in [0.25, 0.3) is 0 Å². The summed E-state index contributed by atoms with van der Waals surface area (Å²) in [5, 5.41) is 6.48. The minimum Gasteiger partial charge on any atom is -0.354 e. The van der Waals surface area contributed by atoms with Crippen LogP contribution in [0.5, 0.6) is 0 Å². The Morgan fingerprint density at radius 3 is 2.12 bits per heavy atom. The molecule has 2 unspecified atom stereocenters. The Labute approximate surface area is 207 Å². The van der Waals surface area contributed by atoms with E-state index in [0.29, 0.717) is 56.1 Å². The van der Waals surface area contributed by atoms with E-state index >= 15 is 0 Å². The average Bonchev–Trinajstić information content (AvgIpc) is 2.72. The first-order valence-corrected chi connectivity index (χ1v) is 13.6. The van der Waals surface area contributed by atoms with Gasteiger partial charge in [0.15, 0.2) is 0 Å². The summed E-state index contributed by atoms with van der Waals surface area (Å²) < 4.78 is 0. The summed E-state index contributed by atoms with van der Waals surface area (Å²) in [7, 11) is 0. The average molecular weight is 479 g/mol. The Morgan fingerprint density at radius 2 is 1.56 bits per heavy atom. The molecule has 0 spiro atoms. The predicted octanol–water partition coefficient (Wildman–Crippen LogP) is 3.43. The van der Waals surface area contributed by atoms with Gasteiger partial charge < -0.3 is 20.4 Å². The summed E-state index contributed by atoms with van der Waals surface area (Å²) in [4.78, 5) is 43.1. The van der Waals surface area contributed by atoms with E-state index in [1.807, 2.05) is 9.80 Å². The third kappa shape index (κ3) is 8.86. The van der Waals surface area contributed by atoms with Gasteiger partial charge in [-0.05, 0) is 62.7 Å². The second-order valence-corrected chi connectivity index (χ2v) is 11.9. The van der Waals surface area contributed by atoms with Crippen molar-refractivity contribution in [1.29, 1.82) is 0 Å². The highest BCUT2D eigenvalue weighted by Gasteiger charge is 2.39. The maximum absolute atomic E-state index is 13.6. The summed E-state index contributed by atoms with van der Waals surface area (Å²) in [5.74, 6) is 1.90. The van der Waals surface area contributed by atoms with Gasteiger partial charge in [-0.3, -0.25) is 14.4 Å². The number of carbonyl (C=O) groups excluding carboxylic acids is 3. The summed E-state index contributed by atoms with van der Waals surface area (Å²) in [6.45, 7) is 17.5. The number of amides is 3. The van der Waals surface area contributed by atoms with Crippen LogP contribution in [0.4, 0.5) is 0 Å². The second-order valence-electron chi connectivity index (χ2n) is 11.9. The van der Waals surface area contributed by atoms with E-state index in [1.165, 1.54) is 0 Å². The van der Waals surface area contributed by atoms with Gasteiger partial charge in [-0.25, -0.2) is 0 Å². The van der Waals surface area contributed by atoms with E-state index in [1.54, 1.807) is 0 Å². The van der Waals surface area contributed by atoms with Crippen molar-refractivity contribution in [3.8, 4) is 0 Å². The van der Waals surface area contributed by atoms with Gasteiger partial charge in [0.05, 0.1) is 6.04 Å². The molecule has 0 aromatic carbocycles. The molecule has 2 aliphatic heterocycles. The van der Waals surface area contributed by atoms with E-state index in [-0.39, 0.29) is 35.8 Å². The number of likely N-dealkylation sites (tertiary alicyclic amines) is 1. The molecule has 34 heavy (non-hydrogen) atoms. The summed E-state index contributed by atoms with van der Waals surface area (Å²) in [5.41, 5.74) is 0. The lowest BCUT2D eigenvalue weighted by Crippen LogP contribution is -2.62. The molecule has 2 N–H and O–H groups in total. The Balaban J connectivity index is 1.94. The van der Waals surface area contributed by atoms with Crippen LogP contribution in [0.2, 0.25) is 0 Å². The Hall–Kier alpha value is -1.63. The van der Waals surface area contributed by atoms with E-state index in [2.05, 4.69) is 59.1 Å². The SMILES string of the molecule is CC(C)CC(C)NC(=O)CC1CCN(C(=O)C(CC(C)C)N2CCN[C@@H](CC(C)C)C2=O)CC1. The Bertz CT molecular complexity index is 671. The third-order valence-corrected chi connectivity index (χ3v) is 7.02. The van der Waals surface area contributed by atoms with Crippen molar-refractivity contribution in [3.63, 3.8) is 0 Å². The first-order valence-electron chi connectivity index (χ1n) is 13.6. The van der Waals surface area contributed by atoms with Crippen molar-refractivity contribution < 1.29 is 14.4 Å². The molecule has 0 aromatic heterocycles. The highest BCUT2D eigenvalue weighted by Crippen LogP contribution is 2.25. The molecule has 2 rings (SSSR count). The normalized spacial score (nSPS) is 21.9. The van der Waals surface area contributed by atoms with Gasteiger partial charge in [0.1, 0.15) is 6.04 Å². The van der Waals surface area contributed by atoms with Crippen molar-refractivity contribution in [2.45, 2.75) is 105 Å². The zero-order valence-electron chi connectivity index (χ0n) is 22.7. The molecular formula is C27H50N4O3. The van der Waals surface area contributed by atoms with Gasteiger partial charge in [0.25, 0.3) is 0 Å². The Morgan fingerprint density at radius 1 is 0.941 bits per heavy atom. The molecule has 0 saturated carbocycles. The van der Waals surface area contributed by atoms with Crippen LogP contribution in [0.1, 0.15) is 87.0 Å². The highest BCUT2D eigenvalue weighted by atomic mass is 16.2. The fourth-order valence-electron chi connectivity index (χ4n) is 5.46. The minimum absolute atomic E-state index is 0.0704. The van der Waals surface area contributed by atoms with Crippen LogP contribution < -0.4 is 10.6 Å². The highest BCUT2D eigenvalue weighted by molar-refractivity contribution is 5.90. The first-order chi connectivity index (χ1) is 16.0. The number of hydrogen-bond acceptors (Lipinski definition) is 4. The van der Waals surface area contributed by atoms with Crippen LogP contribution in [0.3, 0.4) is 0 Å². The number of piperazine rings is 1. The zero-order chi connectivity index (χ0) is 25.4. The quantitative estimate of drug-likeness (QED) is 0.477. The van der Waals surface area contributed by atoms with Crippen molar-refractivity contribution >= 4 is 17.7 Å². The second kappa shape index (κ2) is 13.5. The van der Waals surface area contributed by atoms with Crippen molar-refractivity contribution in [1.82, 2.24) is 20.4 Å². The van der Waals surface area contributed by atoms with E-state index in [9.17, 15) is 14.4 Å². The first kappa shape index (κ1) is 28.6. The van der Waals surface area contributed by atoms with Gasteiger partial charge in [-0.15, -0.1) is 0 Å². The van der Waals surface area contributed by atoms with Crippen molar-refractivity contribution in [3.05, 3.63) is 0 Å². The molecule has 0 aromatic rings. The fourth-order valence-corrected chi connectivity index (χ4v) is 5.46. The zero-order valence-corrected chi connectivity index (χ0v) is 22.7. The maximum Gasteiger partial charge on any atom is 0.245 e. The van der Waals surface area contributed by atoms with Gasteiger partial charge in [0.2, 0.25) is 17.7 Å². The number of hydrogen-bond donors (Lipinski definition) is 2. The summed E-state index contributed by atoms with van der Waals surface area (Å²) in [6, 6.07) is -0.387. The van der Waals surface area contributed by atoms with Crippen molar-refractivity contribution in [2.24, 2.45) is 23.7 Å². The molecule has 7 heteroatoms. The van der Waals surface area contributed by atoms with E-state index < -0.39 is 0 Å². The van der Waals surface area contributed by atoms with E-state index in [0.717, 1.165) is 32.2 Å². The van der Waals surface area contributed by atoms with Crippen molar-refractivity contribution in [2.75, 3.05) is 26.2 Å². The largest absolute Gasteiger partial charge is 0.354 e. The number of rotatable bonds is 11. The van der Waals surface area contributed by atoms with E-state index in [4.69, 9.17) is 0 Å². The van der Waals surface area contributed by atoms with Gasteiger partial charge in [0, 0.05) is 38.6 Å². The smallest absolute Gasteiger partial charge is 0.245 e. The molecule has 196 valence electrons. The monoisotopic (exact) mass is 478 g/mol. The minimum atomic E-state index is -0.388. The number of carbonyl (C=O) groups is 3. The topological polar surface area (TPSA) is 81.8 Å². The molecule has 2 heterocycles. The van der Waals surface area contributed by atoms with Gasteiger partial charge in [-0.1, -0.05) is 41.5 Å². The summed E-state index contributed by atoms with van der Waals surface area (Å²) in [6.07, 6.45) is 4.69. The number of nitrogens with one attached hydrogen (secondary N) is 2. The maximum atomic E-state index is 13.6. The van der Waals surface area contributed by atoms with Crippen LogP contribution in [0, 0.1) is 23.7 Å². The van der Waals surface area contributed by atoms with Crippen LogP contribution in [0.15, 0.2) is 0 Å². The lowest BCUT2D eigenvalue weighted by atomic mass is 9.91. The standard InChI is InChI=1S/C27H50N4O3/c1-18(2)14-21(7)29-25(32)17-22-8-11-30(12-9-22)27(34)24(16-20(5)6)31-13-10-28-23(26(31)33)15-19(3)4/h18-24,28H,8-17H2,1-7H3,(H,29,32)/t21?,23-,24?/m0/s1. The molecule has 3 amide bonds. The number of piperidine rings is 1. The fraction of sp³-hybridized carbons (Fsp3) is 0.889. The molecule has 3 atom stereocenters. The predicted molar refractivity (Wildman–Crippen MR) is 137 cm³/mol. The third-order valence-electron chi connectivity index (χ3n) is 7.02. The summed E-state index contributed by atoms with van der Waals surface area (Å²) >= 11 is 0. The molecular weight excluding hydrogens is 428 g/mol. The molecule has 0 radical (unpaired) electrons. The lowest BCUT2D eigenvalue weighted by molar-refractivity contribution is -0.150. The lowest BCUT2D eigenvalue weighted by Gasteiger charge is -2.42. The van der Waals surface area contributed by atoms with Gasteiger partial charge in [-0.2, -0.15) is 0 Å². The molecule has 2 fully saturated rings. The van der Waals surface area contributed by atoms with Crippen LogP contribution in [-0.2, 0) is 14.4 Å². The molecule has 2 saturated heterocycles. The molecule has 2 aliphatic rings. The van der Waals surface area contributed by atoms with Crippen LogP contribution in [-0.4, -0.2) is 71.8 Å². The Kier molecular flexibility index (Phi) is 11.3. The van der Waals surface area contributed by atoms with Crippen LogP contribution >= 0.6 is 0 Å². The molecule has 0 bridgehead atoms. The number of nitrogens with zero attached hydrogens (tertiary/aromatic N) is 2. The van der Waals surface area contributed by atoms with Gasteiger partial charge >= 0.3 is 0 Å². The molecule has 0 aliphatic carbocycles. The molecule has 7 nitrogen and oxygen atoms in total.